The molecule has 3 heteroatoms. The standard InChI is InChI=1S/C18H22ClNO/c1-3-20-13-15-6-9-17(18(19)12-15)16-7-4-14(5-8-16)10-11-21-2/h4-9,12,20H,3,10-11,13H2,1-2H3. The zero-order valence-corrected chi connectivity index (χ0v) is 13.4. The van der Waals surface area contributed by atoms with E-state index >= 15 is 0 Å². The molecule has 0 spiro atoms. The monoisotopic (exact) mass is 303 g/mol. The van der Waals surface area contributed by atoms with Gasteiger partial charge in [0.1, 0.15) is 0 Å². The second-order valence-corrected chi connectivity index (χ2v) is 5.44. The highest BCUT2D eigenvalue weighted by Crippen LogP contribution is 2.29. The van der Waals surface area contributed by atoms with Gasteiger partial charge in [0.15, 0.2) is 0 Å². The van der Waals surface area contributed by atoms with Crippen molar-refractivity contribution in [3.05, 3.63) is 58.6 Å². The Morgan fingerprint density at radius 2 is 1.76 bits per heavy atom. The van der Waals surface area contributed by atoms with Crippen LogP contribution in [0.5, 0.6) is 0 Å². The quantitative estimate of drug-likeness (QED) is 0.823. The van der Waals surface area contributed by atoms with Gasteiger partial charge < -0.3 is 10.1 Å². The summed E-state index contributed by atoms with van der Waals surface area (Å²) < 4.78 is 5.10. The molecule has 0 amide bonds. The molecule has 0 aliphatic carbocycles. The van der Waals surface area contributed by atoms with Crippen LogP contribution in [0.1, 0.15) is 18.1 Å². The molecule has 0 saturated carbocycles. The highest BCUT2D eigenvalue weighted by Gasteiger charge is 2.05. The first-order chi connectivity index (χ1) is 10.2. The first-order valence-corrected chi connectivity index (χ1v) is 7.69. The van der Waals surface area contributed by atoms with Gasteiger partial charge in [0, 0.05) is 24.2 Å². The minimum Gasteiger partial charge on any atom is -0.384 e. The van der Waals surface area contributed by atoms with E-state index in [4.69, 9.17) is 16.3 Å². The maximum atomic E-state index is 6.42. The van der Waals surface area contributed by atoms with E-state index in [1.165, 1.54) is 11.1 Å². The highest BCUT2D eigenvalue weighted by molar-refractivity contribution is 6.33. The average molecular weight is 304 g/mol. The number of nitrogens with one attached hydrogen (secondary N) is 1. The lowest BCUT2D eigenvalue weighted by molar-refractivity contribution is 0.202. The molecule has 2 rings (SSSR count). The molecule has 0 heterocycles. The number of rotatable bonds is 7. The number of ether oxygens (including phenoxy) is 1. The molecular weight excluding hydrogens is 282 g/mol. The van der Waals surface area contributed by atoms with Crippen molar-refractivity contribution in [3.8, 4) is 11.1 Å². The molecule has 21 heavy (non-hydrogen) atoms. The molecule has 1 N–H and O–H groups in total. The van der Waals surface area contributed by atoms with E-state index in [-0.39, 0.29) is 0 Å². The fourth-order valence-electron chi connectivity index (χ4n) is 2.24. The topological polar surface area (TPSA) is 21.3 Å². The maximum Gasteiger partial charge on any atom is 0.0502 e. The van der Waals surface area contributed by atoms with Crippen LogP contribution in [-0.4, -0.2) is 20.3 Å². The molecule has 0 atom stereocenters. The second kappa shape index (κ2) is 8.18. The number of halogens is 1. The normalized spacial score (nSPS) is 10.8. The predicted molar refractivity (Wildman–Crippen MR) is 89.8 cm³/mol. The lowest BCUT2D eigenvalue weighted by Crippen LogP contribution is -2.11. The van der Waals surface area contributed by atoms with Gasteiger partial charge in [-0.3, -0.25) is 0 Å². The molecule has 0 aliphatic heterocycles. The van der Waals surface area contributed by atoms with Crippen molar-refractivity contribution < 1.29 is 4.74 Å². The third kappa shape index (κ3) is 4.57. The summed E-state index contributed by atoms with van der Waals surface area (Å²) in [6, 6.07) is 14.8. The first kappa shape index (κ1) is 16.0. The smallest absolute Gasteiger partial charge is 0.0502 e. The molecule has 2 aromatic rings. The van der Waals surface area contributed by atoms with E-state index in [1.54, 1.807) is 7.11 Å². The summed E-state index contributed by atoms with van der Waals surface area (Å²) in [7, 11) is 1.73. The Balaban J connectivity index is 2.13. The predicted octanol–water partition coefficient (Wildman–Crippen LogP) is 4.31. The van der Waals surface area contributed by atoms with Crippen molar-refractivity contribution in [2.24, 2.45) is 0 Å². The van der Waals surface area contributed by atoms with E-state index in [2.05, 4.69) is 48.6 Å². The lowest BCUT2D eigenvalue weighted by Gasteiger charge is -2.09. The summed E-state index contributed by atoms with van der Waals surface area (Å²) in [4.78, 5) is 0. The maximum absolute atomic E-state index is 6.42. The Hall–Kier alpha value is -1.35. The van der Waals surface area contributed by atoms with Crippen LogP contribution in [-0.2, 0) is 17.7 Å². The Morgan fingerprint density at radius 1 is 1.05 bits per heavy atom. The van der Waals surface area contributed by atoms with E-state index in [1.807, 2.05) is 6.07 Å². The Labute approximate surface area is 132 Å². The van der Waals surface area contributed by atoms with E-state index in [0.717, 1.165) is 42.3 Å². The van der Waals surface area contributed by atoms with Crippen molar-refractivity contribution in [2.75, 3.05) is 20.3 Å². The van der Waals surface area contributed by atoms with E-state index < -0.39 is 0 Å². The van der Waals surface area contributed by atoms with Crippen LogP contribution in [0.4, 0.5) is 0 Å². The molecule has 2 nitrogen and oxygen atoms in total. The summed E-state index contributed by atoms with van der Waals surface area (Å²) in [6.45, 7) is 4.66. The molecule has 0 unspecified atom stereocenters. The van der Waals surface area contributed by atoms with Crippen molar-refractivity contribution in [2.45, 2.75) is 19.9 Å². The molecular formula is C18H22ClNO. The van der Waals surface area contributed by atoms with Gasteiger partial charge in [-0.1, -0.05) is 54.9 Å². The largest absolute Gasteiger partial charge is 0.384 e. The van der Waals surface area contributed by atoms with Gasteiger partial charge in [0.2, 0.25) is 0 Å². The molecule has 0 fully saturated rings. The first-order valence-electron chi connectivity index (χ1n) is 7.32. The number of hydrogen-bond acceptors (Lipinski definition) is 2. The van der Waals surface area contributed by atoms with Crippen LogP contribution in [0.2, 0.25) is 5.02 Å². The summed E-state index contributed by atoms with van der Waals surface area (Å²) in [6.07, 6.45) is 0.937. The molecule has 112 valence electrons. The van der Waals surface area contributed by atoms with Crippen LogP contribution >= 0.6 is 11.6 Å². The van der Waals surface area contributed by atoms with Crippen LogP contribution in [0, 0.1) is 0 Å². The molecule has 0 saturated heterocycles. The molecule has 0 aliphatic rings. The third-order valence-electron chi connectivity index (χ3n) is 3.47. The van der Waals surface area contributed by atoms with Crippen molar-refractivity contribution >= 4 is 11.6 Å². The molecule has 0 radical (unpaired) electrons. The fraction of sp³-hybridized carbons (Fsp3) is 0.333. The minimum atomic E-state index is 0.749. The van der Waals surface area contributed by atoms with Gasteiger partial charge in [-0.15, -0.1) is 0 Å². The number of benzene rings is 2. The summed E-state index contributed by atoms with van der Waals surface area (Å²) in [5.74, 6) is 0. The zero-order chi connectivity index (χ0) is 15.1. The fourth-order valence-corrected chi connectivity index (χ4v) is 2.56. The number of methoxy groups -OCH3 is 1. The minimum absolute atomic E-state index is 0.749. The molecule has 0 aromatic heterocycles. The van der Waals surface area contributed by atoms with Gasteiger partial charge in [-0.2, -0.15) is 0 Å². The SMILES string of the molecule is CCNCc1ccc(-c2ccc(CCOC)cc2)c(Cl)c1. The van der Waals surface area contributed by atoms with Gasteiger partial charge >= 0.3 is 0 Å². The van der Waals surface area contributed by atoms with Crippen LogP contribution < -0.4 is 5.32 Å². The van der Waals surface area contributed by atoms with Gasteiger partial charge in [0.25, 0.3) is 0 Å². The Morgan fingerprint density at radius 3 is 2.38 bits per heavy atom. The third-order valence-corrected chi connectivity index (χ3v) is 3.79. The van der Waals surface area contributed by atoms with Gasteiger partial charge in [-0.25, -0.2) is 0 Å². The Kier molecular flexibility index (Phi) is 6.24. The molecule has 2 aromatic carbocycles. The Bertz CT molecular complexity index is 566. The van der Waals surface area contributed by atoms with Crippen molar-refractivity contribution in [1.29, 1.82) is 0 Å². The van der Waals surface area contributed by atoms with Gasteiger partial charge in [-0.05, 0) is 35.7 Å². The van der Waals surface area contributed by atoms with Crippen LogP contribution in [0.15, 0.2) is 42.5 Å². The van der Waals surface area contributed by atoms with Crippen molar-refractivity contribution in [1.82, 2.24) is 5.32 Å². The van der Waals surface area contributed by atoms with Gasteiger partial charge in [0.05, 0.1) is 6.61 Å². The van der Waals surface area contributed by atoms with Crippen LogP contribution in [0.25, 0.3) is 11.1 Å². The second-order valence-electron chi connectivity index (χ2n) is 5.03. The van der Waals surface area contributed by atoms with E-state index in [9.17, 15) is 0 Å². The summed E-state index contributed by atoms with van der Waals surface area (Å²) >= 11 is 6.42. The average Bonchev–Trinajstić information content (AvgIpc) is 2.52. The number of hydrogen-bond donors (Lipinski definition) is 1. The summed E-state index contributed by atoms with van der Waals surface area (Å²) in [5.41, 5.74) is 4.72. The summed E-state index contributed by atoms with van der Waals surface area (Å²) in [5, 5.41) is 4.11. The molecule has 0 bridgehead atoms. The highest BCUT2D eigenvalue weighted by atomic mass is 35.5. The van der Waals surface area contributed by atoms with Crippen molar-refractivity contribution in [3.63, 3.8) is 0 Å². The zero-order valence-electron chi connectivity index (χ0n) is 12.7. The lowest BCUT2D eigenvalue weighted by atomic mass is 10.0. The van der Waals surface area contributed by atoms with Crippen LogP contribution in [0.3, 0.4) is 0 Å². The van der Waals surface area contributed by atoms with E-state index in [0.29, 0.717) is 0 Å².